The third-order valence-electron chi connectivity index (χ3n) is 3.16. The maximum Gasteiger partial charge on any atom is 0.0991 e. The Hall–Kier alpha value is -3.41. The third kappa shape index (κ3) is 3.82. The van der Waals surface area contributed by atoms with Crippen LogP contribution in [0.15, 0.2) is 24.3 Å². The first kappa shape index (κ1) is 17.6. The lowest BCUT2D eigenvalue weighted by atomic mass is 9.76. The van der Waals surface area contributed by atoms with E-state index in [0.29, 0.717) is 0 Å². The molecule has 23 heavy (non-hydrogen) atoms. The van der Waals surface area contributed by atoms with Crippen molar-refractivity contribution in [2.75, 3.05) is 0 Å². The zero-order chi connectivity index (χ0) is 17.7. The standard InChI is InChI=1S/C14H11NO8/c15-5-6-1-3-7(4-2-6)8(9(11(16)17)12(18)19)10(13(20)21)14(22)23/h1-4,8-10H,(H,16,17)(H,18,19)(H,20,21)(H,22,23)/p-4. The number of aliphatic carboxylic acids is 4. The molecule has 0 unspecified atom stereocenters. The summed E-state index contributed by atoms with van der Waals surface area (Å²) in [5.41, 5.74) is -0.176. The van der Waals surface area contributed by atoms with Crippen LogP contribution in [0.3, 0.4) is 0 Å². The molecule has 0 radical (unpaired) electrons. The monoisotopic (exact) mass is 317 g/mol. The Morgan fingerprint density at radius 3 is 1.39 bits per heavy atom. The predicted molar refractivity (Wildman–Crippen MR) is 60.9 cm³/mol. The minimum atomic E-state index is -2.58. The SMILES string of the molecule is N#Cc1ccc(C(C(C(=O)[O-])C(=O)[O-])C(C(=O)[O-])C(=O)[O-])cc1. The summed E-state index contributed by atoms with van der Waals surface area (Å²) >= 11 is 0. The van der Waals surface area contributed by atoms with Crippen LogP contribution in [0.2, 0.25) is 0 Å². The van der Waals surface area contributed by atoms with Crippen molar-refractivity contribution >= 4 is 23.9 Å². The number of carbonyl (C=O) groups is 4. The zero-order valence-corrected chi connectivity index (χ0v) is 11.3. The van der Waals surface area contributed by atoms with E-state index in [2.05, 4.69) is 0 Å². The quantitative estimate of drug-likeness (QED) is 0.443. The summed E-state index contributed by atoms with van der Waals surface area (Å²) in [4.78, 5) is 44.1. The van der Waals surface area contributed by atoms with Crippen molar-refractivity contribution in [3.63, 3.8) is 0 Å². The molecule has 0 spiro atoms. The van der Waals surface area contributed by atoms with E-state index < -0.39 is 41.6 Å². The molecular formula is C14H7NO8-4. The Kier molecular flexibility index (Phi) is 5.40. The number of rotatable bonds is 7. The molecule has 1 aromatic carbocycles. The number of nitriles is 1. The van der Waals surface area contributed by atoms with Crippen molar-refractivity contribution in [1.82, 2.24) is 0 Å². The second kappa shape index (κ2) is 7.04. The summed E-state index contributed by atoms with van der Waals surface area (Å²) in [5.74, 6) is -16.2. The normalized spacial score (nSPS) is 10.5. The molecule has 0 saturated heterocycles. The Balaban J connectivity index is 3.54. The average molecular weight is 317 g/mol. The fraction of sp³-hybridized carbons (Fsp3) is 0.214. The van der Waals surface area contributed by atoms with E-state index in [9.17, 15) is 39.6 Å². The molecule has 0 amide bonds. The number of nitrogens with zero attached hydrogens (tertiary/aromatic N) is 1. The molecule has 0 aliphatic rings. The van der Waals surface area contributed by atoms with Crippen molar-refractivity contribution in [3.8, 4) is 6.07 Å². The Morgan fingerprint density at radius 2 is 1.13 bits per heavy atom. The molecular weight excluding hydrogens is 310 g/mol. The molecule has 9 heteroatoms. The minimum Gasteiger partial charge on any atom is -0.549 e. The first-order valence-corrected chi connectivity index (χ1v) is 6.04. The van der Waals surface area contributed by atoms with Crippen molar-refractivity contribution in [1.29, 1.82) is 5.26 Å². The Bertz CT molecular complexity index is 628. The number of hydrogen-bond acceptors (Lipinski definition) is 9. The molecule has 0 heterocycles. The first-order chi connectivity index (χ1) is 10.7. The smallest absolute Gasteiger partial charge is 0.0991 e. The molecule has 9 nitrogen and oxygen atoms in total. The maximum atomic E-state index is 11.0. The van der Waals surface area contributed by atoms with Gasteiger partial charge < -0.3 is 39.6 Å². The van der Waals surface area contributed by atoms with Gasteiger partial charge in [-0.3, -0.25) is 0 Å². The van der Waals surface area contributed by atoms with Gasteiger partial charge in [0.2, 0.25) is 0 Å². The number of hydrogen-bond donors (Lipinski definition) is 0. The van der Waals surface area contributed by atoms with Gasteiger partial charge in [-0.15, -0.1) is 0 Å². The lowest BCUT2D eigenvalue weighted by Gasteiger charge is -2.36. The van der Waals surface area contributed by atoms with E-state index in [-0.39, 0.29) is 11.1 Å². The molecule has 0 saturated carbocycles. The van der Waals surface area contributed by atoms with E-state index >= 15 is 0 Å². The average Bonchev–Trinajstić information content (AvgIpc) is 2.45. The van der Waals surface area contributed by atoms with Crippen LogP contribution in [0, 0.1) is 23.2 Å². The summed E-state index contributed by atoms with van der Waals surface area (Å²) in [6.07, 6.45) is 0. The second-order valence-corrected chi connectivity index (χ2v) is 4.49. The van der Waals surface area contributed by atoms with Crippen molar-refractivity contribution in [2.45, 2.75) is 5.92 Å². The van der Waals surface area contributed by atoms with Gasteiger partial charge in [0.1, 0.15) is 0 Å². The second-order valence-electron chi connectivity index (χ2n) is 4.49. The van der Waals surface area contributed by atoms with E-state index in [0.717, 1.165) is 24.3 Å². The fourth-order valence-electron chi connectivity index (χ4n) is 2.14. The zero-order valence-electron chi connectivity index (χ0n) is 11.3. The fourth-order valence-corrected chi connectivity index (χ4v) is 2.14. The minimum absolute atomic E-state index is 0.101. The molecule has 1 aromatic rings. The number of carboxylic acid groups (broad SMARTS) is 4. The largest absolute Gasteiger partial charge is 0.549 e. The van der Waals surface area contributed by atoms with Crippen LogP contribution >= 0.6 is 0 Å². The lowest BCUT2D eigenvalue weighted by Crippen LogP contribution is -2.54. The highest BCUT2D eigenvalue weighted by Crippen LogP contribution is 2.32. The van der Waals surface area contributed by atoms with Gasteiger partial charge in [0.25, 0.3) is 0 Å². The topological polar surface area (TPSA) is 184 Å². The number of carboxylic acids is 4. The van der Waals surface area contributed by atoms with Crippen LogP contribution in [0.1, 0.15) is 17.0 Å². The van der Waals surface area contributed by atoms with Gasteiger partial charge in [0.05, 0.1) is 35.5 Å². The highest BCUT2D eigenvalue weighted by atomic mass is 16.4. The van der Waals surface area contributed by atoms with Crippen LogP contribution in [0.4, 0.5) is 0 Å². The maximum absolute atomic E-state index is 11.0. The van der Waals surface area contributed by atoms with E-state index in [1.165, 1.54) is 0 Å². The van der Waals surface area contributed by atoms with Crippen LogP contribution in [0.5, 0.6) is 0 Å². The molecule has 0 aromatic heterocycles. The van der Waals surface area contributed by atoms with Gasteiger partial charge in [-0.05, 0) is 17.7 Å². The molecule has 0 atom stereocenters. The van der Waals surface area contributed by atoms with Gasteiger partial charge >= 0.3 is 0 Å². The molecule has 1 rings (SSSR count). The number of benzene rings is 1. The summed E-state index contributed by atoms with van der Waals surface area (Å²) < 4.78 is 0. The lowest BCUT2D eigenvalue weighted by molar-refractivity contribution is -0.339. The summed E-state index contributed by atoms with van der Waals surface area (Å²) in [6, 6.07) is 6.05. The molecule has 0 N–H and O–H groups in total. The van der Waals surface area contributed by atoms with Gasteiger partial charge in [-0.25, -0.2) is 0 Å². The van der Waals surface area contributed by atoms with Gasteiger partial charge in [-0.2, -0.15) is 5.26 Å². The highest BCUT2D eigenvalue weighted by molar-refractivity contribution is 5.97. The van der Waals surface area contributed by atoms with Gasteiger partial charge in [0.15, 0.2) is 0 Å². The van der Waals surface area contributed by atoms with Crippen LogP contribution in [0.25, 0.3) is 0 Å². The molecule has 0 bridgehead atoms. The summed E-state index contributed by atoms with van der Waals surface area (Å²) in [7, 11) is 0. The van der Waals surface area contributed by atoms with Gasteiger partial charge in [0, 0.05) is 17.8 Å². The summed E-state index contributed by atoms with van der Waals surface area (Å²) in [6.45, 7) is 0. The van der Waals surface area contributed by atoms with Gasteiger partial charge in [-0.1, -0.05) is 12.1 Å². The van der Waals surface area contributed by atoms with Crippen LogP contribution in [-0.2, 0) is 19.2 Å². The summed E-state index contributed by atoms with van der Waals surface area (Å²) in [5, 5.41) is 52.7. The van der Waals surface area contributed by atoms with Crippen LogP contribution in [-0.4, -0.2) is 23.9 Å². The van der Waals surface area contributed by atoms with E-state index in [4.69, 9.17) is 5.26 Å². The van der Waals surface area contributed by atoms with Crippen LogP contribution < -0.4 is 20.4 Å². The Morgan fingerprint density at radius 1 is 0.783 bits per heavy atom. The van der Waals surface area contributed by atoms with Crippen molar-refractivity contribution in [3.05, 3.63) is 35.4 Å². The third-order valence-corrected chi connectivity index (χ3v) is 3.16. The van der Waals surface area contributed by atoms with E-state index in [1.54, 1.807) is 6.07 Å². The predicted octanol–water partition coefficient (Wildman–Crippen LogP) is -5.13. The van der Waals surface area contributed by atoms with Crippen molar-refractivity contribution < 1.29 is 39.6 Å². The van der Waals surface area contributed by atoms with Crippen molar-refractivity contribution in [2.24, 2.45) is 11.8 Å². The highest BCUT2D eigenvalue weighted by Gasteiger charge is 2.34. The number of carbonyl (C=O) groups excluding carboxylic acids is 4. The van der Waals surface area contributed by atoms with E-state index in [1.807, 2.05) is 0 Å². The molecule has 0 aliphatic heterocycles. The molecule has 120 valence electrons. The first-order valence-electron chi connectivity index (χ1n) is 6.04. The molecule has 0 fully saturated rings. The Labute approximate surface area is 129 Å². The molecule has 0 aliphatic carbocycles.